The van der Waals surface area contributed by atoms with Crippen LogP contribution in [0.15, 0.2) is 53.3 Å². The normalized spacial score (nSPS) is 13.3. The number of likely N-dealkylation sites (N-methyl/N-ethyl adjacent to an activating group) is 1. The van der Waals surface area contributed by atoms with Crippen molar-refractivity contribution in [3.8, 4) is 0 Å². The number of aromatic nitrogens is 2. The Balaban J connectivity index is 1.50. The number of H-pyrrole nitrogens is 1. The number of nitrogens with one attached hydrogen (secondary N) is 1. The SMILES string of the molecule is CCN(CC(=O)N1CCc2ccccc21)Cc1nc2ccccc2c(=O)[nH]1. The first-order chi connectivity index (χ1) is 13.2. The summed E-state index contributed by atoms with van der Waals surface area (Å²) in [4.78, 5) is 36.3. The number of hydrogen-bond acceptors (Lipinski definition) is 4. The highest BCUT2D eigenvalue weighted by Crippen LogP contribution is 2.27. The van der Waals surface area contributed by atoms with Gasteiger partial charge in [-0.3, -0.25) is 14.5 Å². The molecular formula is C21H22N4O2. The molecule has 6 heteroatoms. The van der Waals surface area contributed by atoms with E-state index in [9.17, 15) is 9.59 Å². The number of anilines is 1. The van der Waals surface area contributed by atoms with Crippen LogP contribution in [0.25, 0.3) is 10.9 Å². The van der Waals surface area contributed by atoms with E-state index < -0.39 is 0 Å². The van der Waals surface area contributed by atoms with Gasteiger partial charge in [-0.25, -0.2) is 4.98 Å². The average molecular weight is 362 g/mol. The summed E-state index contributed by atoms with van der Waals surface area (Å²) in [6.45, 7) is 4.14. The molecule has 1 amide bonds. The van der Waals surface area contributed by atoms with E-state index in [-0.39, 0.29) is 11.5 Å². The number of fused-ring (bicyclic) bond motifs is 2. The quantitative estimate of drug-likeness (QED) is 0.756. The molecule has 0 saturated carbocycles. The van der Waals surface area contributed by atoms with Crippen molar-refractivity contribution in [2.24, 2.45) is 0 Å². The van der Waals surface area contributed by atoms with Crippen LogP contribution in [0.3, 0.4) is 0 Å². The van der Waals surface area contributed by atoms with Gasteiger partial charge in [0.05, 0.1) is 24.0 Å². The first-order valence-electron chi connectivity index (χ1n) is 9.24. The van der Waals surface area contributed by atoms with E-state index in [1.165, 1.54) is 5.56 Å². The predicted molar refractivity (Wildman–Crippen MR) is 106 cm³/mol. The summed E-state index contributed by atoms with van der Waals surface area (Å²) in [5.41, 5.74) is 2.75. The van der Waals surface area contributed by atoms with Crippen LogP contribution in [0.1, 0.15) is 18.3 Å². The van der Waals surface area contributed by atoms with Gasteiger partial charge in [-0.2, -0.15) is 0 Å². The minimum atomic E-state index is -0.147. The van der Waals surface area contributed by atoms with Crippen LogP contribution in [0.5, 0.6) is 0 Å². The first kappa shape index (κ1) is 17.4. The maximum absolute atomic E-state index is 12.8. The van der Waals surface area contributed by atoms with E-state index in [4.69, 9.17) is 0 Å². The largest absolute Gasteiger partial charge is 0.311 e. The highest BCUT2D eigenvalue weighted by Gasteiger charge is 2.25. The molecule has 0 atom stereocenters. The van der Waals surface area contributed by atoms with Crippen molar-refractivity contribution in [2.45, 2.75) is 19.9 Å². The van der Waals surface area contributed by atoms with Crippen molar-refractivity contribution < 1.29 is 4.79 Å². The molecule has 138 valence electrons. The molecule has 2 heterocycles. The van der Waals surface area contributed by atoms with E-state index >= 15 is 0 Å². The number of rotatable bonds is 5. The highest BCUT2D eigenvalue weighted by atomic mass is 16.2. The van der Waals surface area contributed by atoms with Gasteiger partial charge in [0.25, 0.3) is 5.56 Å². The van der Waals surface area contributed by atoms with Gasteiger partial charge in [-0.05, 0) is 36.7 Å². The monoisotopic (exact) mass is 362 g/mol. The van der Waals surface area contributed by atoms with Crippen molar-refractivity contribution >= 4 is 22.5 Å². The minimum absolute atomic E-state index is 0.0740. The molecule has 0 saturated heterocycles. The van der Waals surface area contributed by atoms with E-state index in [0.717, 1.165) is 18.7 Å². The van der Waals surface area contributed by atoms with Crippen LogP contribution >= 0.6 is 0 Å². The first-order valence-corrected chi connectivity index (χ1v) is 9.24. The smallest absolute Gasteiger partial charge is 0.258 e. The fourth-order valence-corrected chi connectivity index (χ4v) is 3.58. The third-order valence-corrected chi connectivity index (χ3v) is 5.03. The van der Waals surface area contributed by atoms with Gasteiger partial charge in [0.2, 0.25) is 5.91 Å². The van der Waals surface area contributed by atoms with Crippen molar-refractivity contribution in [3.63, 3.8) is 0 Å². The molecule has 1 aromatic heterocycles. The Labute approximate surface area is 157 Å². The molecule has 3 aromatic rings. The van der Waals surface area contributed by atoms with Gasteiger partial charge < -0.3 is 9.88 Å². The lowest BCUT2D eigenvalue weighted by Gasteiger charge is -2.24. The van der Waals surface area contributed by atoms with Crippen LogP contribution in [0, 0.1) is 0 Å². The average Bonchev–Trinajstić information content (AvgIpc) is 3.12. The lowest BCUT2D eigenvalue weighted by molar-refractivity contribution is -0.119. The maximum Gasteiger partial charge on any atom is 0.258 e. The number of aromatic amines is 1. The standard InChI is InChI=1S/C21H22N4O2/c1-2-24(13-19-22-17-9-5-4-8-16(17)21(27)23-19)14-20(26)25-12-11-15-7-3-6-10-18(15)25/h3-10H,2,11-14H2,1H3,(H,22,23,27). The van der Waals surface area contributed by atoms with Crippen molar-refractivity contribution in [1.82, 2.24) is 14.9 Å². The summed E-state index contributed by atoms with van der Waals surface area (Å²) in [7, 11) is 0. The number of hydrogen-bond donors (Lipinski definition) is 1. The Bertz CT molecular complexity index is 1040. The number of carbonyl (C=O) groups is 1. The number of benzene rings is 2. The minimum Gasteiger partial charge on any atom is -0.311 e. The van der Waals surface area contributed by atoms with Gasteiger partial charge in [-0.15, -0.1) is 0 Å². The molecule has 2 aromatic carbocycles. The Hall–Kier alpha value is -2.99. The molecule has 1 aliphatic rings. The third kappa shape index (κ3) is 3.48. The topological polar surface area (TPSA) is 69.3 Å². The Morgan fingerprint density at radius 1 is 1.19 bits per heavy atom. The van der Waals surface area contributed by atoms with Gasteiger partial charge in [-0.1, -0.05) is 37.3 Å². The van der Waals surface area contributed by atoms with E-state index in [0.29, 0.717) is 36.4 Å². The second-order valence-corrected chi connectivity index (χ2v) is 6.76. The van der Waals surface area contributed by atoms with Crippen molar-refractivity contribution in [3.05, 3.63) is 70.3 Å². The Morgan fingerprint density at radius 3 is 2.81 bits per heavy atom. The predicted octanol–water partition coefficient (Wildman–Crippen LogP) is 2.33. The van der Waals surface area contributed by atoms with Gasteiger partial charge in [0.1, 0.15) is 5.82 Å². The maximum atomic E-state index is 12.8. The molecule has 0 aliphatic carbocycles. The number of nitrogens with zero attached hydrogens (tertiary/aromatic N) is 3. The van der Waals surface area contributed by atoms with Crippen LogP contribution in [-0.4, -0.2) is 40.4 Å². The van der Waals surface area contributed by atoms with E-state index in [1.54, 1.807) is 6.07 Å². The van der Waals surface area contributed by atoms with E-state index in [1.807, 2.05) is 53.1 Å². The second kappa shape index (κ2) is 7.32. The highest BCUT2D eigenvalue weighted by molar-refractivity contribution is 5.96. The van der Waals surface area contributed by atoms with Gasteiger partial charge in [0.15, 0.2) is 0 Å². The summed E-state index contributed by atoms with van der Waals surface area (Å²) >= 11 is 0. The van der Waals surface area contributed by atoms with Crippen LogP contribution < -0.4 is 10.5 Å². The van der Waals surface area contributed by atoms with Gasteiger partial charge >= 0.3 is 0 Å². The zero-order valence-corrected chi connectivity index (χ0v) is 15.3. The summed E-state index contributed by atoms with van der Waals surface area (Å²) < 4.78 is 0. The fourth-order valence-electron chi connectivity index (χ4n) is 3.58. The lowest BCUT2D eigenvalue weighted by atomic mass is 10.2. The molecule has 0 radical (unpaired) electrons. The number of carbonyl (C=O) groups excluding carboxylic acids is 1. The zero-order valence-electron chi connectivity index (χ0n) is 15.3. The molecular weight excluding hydrogens is 340 g/mol. The number of para-hydroxylation sites is 2. The van der Waals surface area contributed by atoms with Crippen molar-refractivity contribution in [2.75, 3.05) is 24.5 Å². The van der Waals surface area contributed by atoms with Gasteiger partial charge in [0, 0.05) is 12.2 Å². The third-order valence-electron chi connectivity index (χ3n) is 5.03. The van der Waals surface area contributed by atoms with Crippen molar-refractivity contribution in [1.29, 1.82) is 0 Å². The summed E-state index contributed by atoms with van der Waals surface area (Å²) in [5.74, 6) is 0.653. The number of amides is 1. The molecule has 27 heavy (non-hydrogen) atoms. The molecule has 6 nitrogen and oxygen atoms in total. The molecule has 0 spiro atoms. The molecule has 0 bridgehead atoms. The summed E-state index contributed by atoms with van der Waals surface area (Å²) in [5, 5.41) is 0.578. The Kier molecular flexibility index (Phi) is 4.73. The molecule has 4 rings (SSSR count). The zero-order chi connectivity index (χ0) is 18.8. The second-order valence-electron chi connectivity index (χ2n) is 6.76. The van der Waals surface area contributed by atoms with Crippen LogP contribution in [0.2, 0.25) is 0 Å². The van der Waals surface area contributed by atoms with Crippen LogP contribution in [0.4, 0.5) is 5.69 Å². The molecule has 1 aliphatic heterocycles. The molecule has 0 unspecified atom stereocenters. The summed E-state index contributed by atoms with van der Waals surface area (Å²) in [6.07, 6.45) is 0.896. The van der Waals surface area contributed by atoms with E-state index in [2.05, 4.69) is 16.0 Å². The molecule has 0 fully saturated rings. The summed E-state index contributed by atoms with van der Waals surface area (Å²) in [6, 6.07) is 15.3. The fraction of sp³-hybridized carbons (Fsp3) is 0.286. The Morgan fingerprint density at radius 2 is 1.96 bits per heavy atom. The lowest BCUT2D eigenvalue weighted by Crippen LogP contribution is -2.39. The van der Waals surface area contributed by atoms with Crippen LogP contribution in [-0.2, 0) is 17.8 Å². The molecule has 1 N–H and O–H groups in total.